The van der Waals surface area contributed by atoms with Crippen molar-refractivity contribution < 1.29 is 77.6 Å². The third-order valence-corrected chi connectivity index (χ3v) is 14.5. The molecule has 9 atom stereocenters. The summed E-state index contributed by atoms with van der Waals surface area (Å²) in [6, 6.07) is 11.2. The van der Waals surface area contributed by atoms with Crippen molar-refractivity contribution in [3.63, 3.8) is 0 Å². The number of rotatable bonds is 13. The number of esters is 1. The number of ketones is 3. The van der Waals surface area contributed by atoms with E-state index in [2.05, 4.69) is 4.90 Å². The van der Waals surface area contributed by atoms with Crippen LogP contribution >= 0.6 is 11.8 Å². The number of aromatic hydroxyl groups is 2. The van der Waals surface area contributed by atoms with Crippen molar-refractivity contribution >= 4 is 46.9 Å². The van der Waals surface area contributed by atoms with E-state index in [1.807, 2.05) is 24.3 Å². The van der Waals surface area contributed by atoms with Crippen LogP contribution in [0.25, 0.3) is 0 Å². The number of hydrogen-bond acceptors (Lipinski definition) is 18. The van der Waals surface area contributed by atoms with E-state index >= 15 is 0 Å². The lowest BCUT2D eigenvalue weighted by atomic mass is 9.72. The second kappa shape index (κ2) is 18.2. The minimum atomic E-state index is -2.32. The van der Waals surface area contributed by atoms with Crippen molar-refractivity contribution in [2.45, 2.75) is 106 Å². The Morgan fingerprint density at radius 1 is 0.955 bits per heavy atom. The maximum atomic E-state index is 14.6. The predicted molar refractivity (Wildman–Crippen MR) is 230 cm³/mol. The molecule has 2 amide bonds. The topological polar surface area (TPSA) is 245 Å². The van der Waals surface area contributed by atoms with Crippen molar-refractivity contribution in [1.82, 2.24) is 9.80 Å². The number of benzene rings is 3. The van der Waals surface area contributed by atoms with Crippen LogP contribution in [0, 0.1) is 0 Å². The molecule has 2 aliphatic carbocycles. The standard InChI is InChI=1S/C47H50N2O16S/c1-22-43-27(48-15-16-61-46(60-2)45(48)65-43)17-34(62-22)64-29-20-47(59,31(51)21-50)19-26-36(29)42(57)38-37(40(26)55)39(54)25-5-4-6-28(35(25)41(38)56)63-33(53)12-11-23-7-9-24(10-8-23)13-14-49-32(52)18-30(66-3)44(49)58/h4-10,22,27,29-30,34,43,45-46,50,55,57,59H,11-21H2,1-3H3/t22-,27-,29-,30?,34-,43+,45+,46-,47-/m0/s1. The van der Waals surface area contributed by atoms with Gasteiger partial charge in [0.25, 0.3) is 0 Å². The van der Waals surface area contributed by atoms with E-state index in [1.165, 1.54) is 42.0 Å². The van der Waals surface area contributed by atoms with Gasteiger partial charge >= 0.3 is 5.97 Å². The number of carbonyl (C=O) groups excluding carboxylic acids is 6. The van der Waals surface area contributed by atoms with Gasteiger partial charge in [-0.25, -0.2) is 0 Å². The average Bonchev–Trinajstić information content (AvgIpc) is 3.83. The van der Waals surface area contributed by atoms with Crippen LogP contribution < -0.4 is 4.74 Å². The number of morpholine rings is 1. The number of amides is 2. The Hall–Kier alpha value is -5.09. The highest BCUT2D eigenvalue weighted by Crippen LogP contribution is 2.53. The lowest BCUT2D eigenvalue weighted by Gasteiger charge is -2.43. The maximum absolute atomic E-state index is 14.6. The van der Waals surface area contributed by atoms with E-state index in [9.17, 15) is 49.2 Å². The number of aliphatic hydroxyl groups excluding tert-OH is 1. The molecule has 4 aliphatic heterocycles. The zero-order chi connectivity index (χ0) is 46.8. The number of aryl methyl sites for hydroxylation is 1. The van der Waals surface area contributed by atoms with Gasteiger partial charge in [-0.2, -0.15) is 11.8 Å². The summed E-state index contributed by atoms with van der Waals surface area (Å²) in [5, 5.41) is 45.3. The van der Waals surface area contributed by atoms with Gasteiger partial charge in [0.05, 0.1) is 40.8 Å². The summed E-state index contributed by atoms with van der Waals surface area (Å²) in [5.74, 6) is -5.63. The van der Waals surface area contributed by atoms with E-state index < -0.39 is 108 Å². The van der Waals surface area contributed by atoms with Crippen LogP contribution in [0.3, 0.4) is 0 Å². The zero-order valence-electron chi connectivity index (χ0n) is 36.4. The fourth-order valence-corrected chi connectivity index (χ4v) is 10.8. The summed E-state index contributed by atoms with van der Waals surface area (Å²) in [7, 11) is 1.52. The number of imide groups is 1. The minimum absolute atomic E-state index is 0.114. The molecule has 18 nitrogen and oxygen atoms in total. The number of hydrogen-bond donors (Lipinski definition) is 4. The first-order valence-corrected chi connectivity index (χ1v) is 23.2. The summed E-state index contributed by atoms with van der Waals surface area (Å²) < 4.78 is 36.0. The van der Waals surface area contributed by atoms with Gasteiger partial charge in [0.15, 0.2) is 30.4 Å². The SMILES string of the molecule is CO[C@H]1OCCN2[C@@H]1O[C@@H]1[C@H](C)O[C@@H](O[C@H]3C[C@](O)(C(=O)CO)Cc4c(O)c5c(c(O)c43)C(=O)c3c(OC(=O)CCc4ccc(CCN6C(=O)CC(SC)C6=O)cc4)cccc3C5=O)C[C@@H]12. The van der Waals surface area contributed by atoms with Crippen LogP contribution in [0.2, 0.25) is 0 Å². The Balaban J connectivity index is 0.944. The normalized spacial score (nSPS) is 29.3. The van der Waals surface area contributed by atoms with Crippen molar-refractivity contribution in [3.8, 4) is 17.2 Å². The summed E-state index contributed by atoms with van der Waals surface area (Å²) in [4.78, 5) is 83.5. The number of methoxy groups -OCH3 is 1. The molecule has 0 bridgehead atoms. The van der Waals surface area contributed by atoms with Crippen LogP contribution in [0.15, 0.2) is 42.5 Å². The number of likely N-dealkylation sites (tertiary alicyclic amines) is 1. The van der Waals surface area contributed by atoms with Crippen molar-refractivity contribution in [2.75, 3.05) is 39.7 Å². The van der Waals surface area contributed by atoms with Crippen LogP contribution in [0.1, 0.15) is 92.8 Å². The number of ether oxygens (including phenoxy) is 6. The molecule has 9 rings (SSSR count). The molecule has 0 spiro atoms. The quantitative estimate of drug-likeness (QED) is 0.0650. The fourth-order valence-electron chi connectivity index (χ4n) is 10.2. The molecule has 66 heavy (non-hydrogen) atoms. The molecule has 4 N–H and O–H groups in total. The Morgan fingerprint density at radius 2 is 1.68 bits per heavy atom. The molecule has 19 heteroatoms. The number of fused-ring (bicyclic) bond motifs is 6. The third kappa shape index (κ3) is 8.02. The molecule has 4 fully saturated rings. The van der Waals surface area contributed by atoms with Gasteiger partial charge < -0.3 is 48.8 Å². The molecule has 350 valence electrons. The lowest BCUT2D eigenvalue weighted by molar-refractivity contribution is -0.256. The number of phenolic OH excluding ortho intramolecular Hbond substituents is 2. The van der Waals surface area contributed by atoms with Crippen LogP contribution in [0.5, 0.6) is 17.2 Å². The van der Waals surface area contributed by atoms with Crippen molar-refractivity contribution in [2.24, 2.45) is 0 Å². The van der Waals surface area contributed by atoms with Gasteiger partial charge in [0.2, 0.25) is 17.6 Å². The van der Waals surface area contributed by atoms with Gasteiger partial charge in [-0.3, -0.25) is 38.6 Å². The average molecular weight is 931 g/mol. The molecule has 4 saturated heterocycles. The molecular weight excluding hydrogens is 881 g/mol. The fraction of sp³-hybridized carbons (Fsp3) is 0.489. The molecular formula is C47H50N2O16S. The first kappa shape index (κ1) is 46.0. The summed E-state index contributed by atoms with van der Waals surface area (Å²) in [5.41, 5.74) is -2.68. The minimum Gasteiger partial charge on any atom is -0.507 e. The van der Waals surface area contributed by atoms with Gasteiger partial charge in [-0.05, 0) is 43.2 Å². The molecule has 6 aliphatic rings. The Labute approximate surface area is 383 Å². The summed E-state index contributed by atoms with van der Waals surface area (Å²) in [6.45, 7) is 1.93. The van der Waals surface area contributed by atoms with E-state index in [0.29, 0.717) is 19.6 Å². The lowest BCUT2D eigenvalue weighted by Crippen LogP contribution is -2.55. The highest BCUT2D eigenvalue weighted by atomic mass is 32.2. The molecule has 0 aromatic heterocycles. The van der Waals surface area contributed by atoms with E-state index in [-0.39, 0.29) is 83.3 Å². The Kier molecular flexibility index (Phi) is 12.7. The monoisotopic (exact) mass is 930 g/mol. The third-order valence-electron chi connectivity index (χ3n) is 13.6. The van der Waals surface area contributed by atoms with Gasteiger partial charge in [-0.1, -0.05) is 36.4 Å². The van der Waals surface area contributed by atoms with Crippen LogP contribution in [-0.4, -0.2) is 153 Å². The molecule has 0 radical (unpaired) electrons. The van der Waals surface area contributed by atoms with Gasteiger partial charge in [0, 0.05) is 75.0 Å². The van der Waals surface area contributed by atoms with E-state index in [1.54, 1.807) is 13.2 Å². The van der Waals surface area contributed by atoms with E-state index in [4.69, 9.17) is 28.4 Å². The van der Waals surface area contributed by atoms with Crippen molar-refractivity contribution in [3.05, 3.63) is 87.0 Å². The van der Waals surface area contributed by atoms with Crippen molar-refractivity contribution in [1.29, 1.82) is 0 Å². The smallest absolute Gasteiger partial charge is 0.311 e. The predicted octanol–water partition coefficient (Wildman–Crippen LogP) is 2.27. The Morgan fingerprint density at radius 3 is 2.38 bits per heavy atom. The first-order chi connectivity index (χ1) is 31.7. The first-order valence-electron chi connectivity index (χ1n) is 21.9. The zero-order valence-corrected chi connectivity index (χ0v) is 37.2. The number of Topliss-reactive ketones (excluding diaryl/α,β-unsaturated/α-hetero) is 1. The molecule has 4 heterocycles. The highest BCUT2D eigenvalue weighted by Gasteiger charge is 2.55. The highest BCUT2D eigenvalue weighted by molar-refractivity contribution is 8.00. The van der Waals surface area contributed by atoms with E-state index in [0.717, 1.165) is 11.1 Å². The molecule has 3 aromatic carbocycles. The maximum Gasteiger partial charge on any atom is 0.311 e. The number of phenols is 2. The summed E-state index contributed by atoms with van der Waals surface area (Å²) in [6.07, 6.45) is -2.81. The number of carbonyl (C=O) groups is 6. The second-order valence-corrected chi connectivity index (χ2v) is 18.5. The van der Waals surface area contributed by atoms with Gasteiger partial charge in [-0.15, -0.1) is 0 Å². The number of thioether (sulfide) groups is 1. The molecule has 3 aromatic rings. The molecule has 1 unspecified atom stereocenters. The second-order valence-electron chi connectivity index (χ2n) is 17.4. The molecule has 0 saturated carbocycles. The summed E-state index contributed by atoms with van der Waals surface area (Å²) >= 11 is 1.36. The number of aliphatic hydroxyl groups is 2. The number of nitrogens with zero attached hydrogens (tertiary/aromatic N) is 2. The van der Waals surface area contributed by atoms with Crippen LogP contribution in [0.4, 0.5) is 0 Å². The van der Waals surface area contributed by atoms with Crippen LogP contribution in [-0.2, 0) is 62.1 Å². The largest absolute Gasteiger partial charge is 0.507 e. The van der Waals surface area contributed by atoms with Gasteiger partial charge in [0.1, 0.15) is 35.6 Å². The Bertz CT molecular complexity index is 2500.